The summed E-state index contributed by atoms with van der Waals surface area (Å²) in [5, 5.41) is 0. The molecule has 0 aromatic heterocycles. The highest BCUT2D eigenvalue weighted by Crippen LogP contribution is 2.11. The molecular weight excluding hydrogens is 128 g/mol. The van der Waals surface area contributed by atoms with Gasteiger partial charge in [-0.25, -0.2) is 0 Å². The lowest BCUT2D eigenvalue weighted by molar-refractivity contribution is 1.03. The Kier molecular flexibility index (Phi) is 4.09. The van der Waals surface area contributed by atoms with Crippen LogP contribution in [-0.4, -0.2) is 21.2 Å². The lowest BCUT2D eigenvalue weighted by Crippen LogP contribution is -2.30. The summed E-state index contributed by atoms with van der Waals surface area (Å²) in [5.74, 6) is 0. The third kappa shape index (κ3) is 4.63. The van der Waals surface area contributed by atoms with Gasteiger partial charge in [-0.15, -0.1) is 0 Å². The first-order chi connectivity index (χ1) is 4.12. The van der Waals surface area contributed by atoms with E-state index in [2.05, 4.69) is 13.1 Å². The number of hydrogen-bond donors (Lipinski definition) is 2. The second-order valence-corrected chi connectivity index (χ2v) is 8.57. The zero-order valence-corrected chi connectivity index (χ0v) is 7.48. The van der Waals surface area contributed by atoms with Crippen molar-refractivity contribution in [1.29, 1.82) is 0 Å². The van der Waals surface area contributed by atoms with Gasteiger partial charge >= 0.3 is 0 Å². The Morgan fingerprint density at radius 2 is 1.33 bits per heavy atom. The van der Waals surface area contributed by atoms with Crippen molar-refractivity contribution in [3.63, 3.8) is 0 Å². The molecule has 2 nitrogen and oxygen atoms in total. The maximum Gasteiger partial charge on any atom is 0.0498 e. The summed E-state index contributed by atoms with van der Waals surface area (Å²) in [5.41, 5.74) is 10.9. The van der Waals surface area contributed by atoms with Crippen molar-refractivity contribution in [3.8, 4) is 0 Å². The van der Waals surface area contributed by atoms with Crippen molar-refractivity contribution in [3.05, 3.63) is 0 Å². The number of hydrogen-bond acceptors (Lipinski definition) is 2. The Balaban J connectivity index is 3.43. The lowest BCUT2D eigenvalue weighted by atomic mass is 10.8. The van der Waals surface area contributed by atoms with Crippen LogP contribution >= 0.6 is 0 Å². The third-order valence-corrected chi connectivity index (χ3v) is 4.93. The topological polar surface area (TPSA) is 52.0 Å². The van der Waals surface area contributed by atoms with E-state index >= 15 is 0 Å². The Morgan fingerprint density at radius 1 is 1.00 bits per heavy atom. The van der Waals surface area contributed by atoms with Crippen LogP contribution in [0.3, 0.4) is 0 Å². The van der Waals surface area contributed by atoms with Crippen LogP contribution in [0.25, 0.3) is 0 Å². The predicted molar refractivity (Wildman–Crippen MR) is 45.2 cm³/mol. The van der Waals surface area contributed by atoms with Crippen LogP contribution in [0.2, 0.25) is 25.2 Å². The molecule has 0 aliphatic carbocycles. The van der Waals surface area contributed by atoms with Crippen LogP contribution in [0.15, 0.2) is 0 Å². The Labute approximate surface area is 58.6 Å². The molecule has 0 saturated carbocycles. The molecule has 0 fully saturated rings. The van der Waals surface area contributed by atoms with E-state index in [4.69, 9.17) is 11.5 Å². The van der Waals surface area contributed by atoms with Crippen molar-refractivity contribution in [2.45, 2.75) is 25.2 Å². The largest absolute Gasteiger partial charge is 0.331 e. The molecule has 0 unspecified atom stereocenters. The van der Waals surface area contributed by atoms with Crippen LogP contribution in [0.4, 0.5) is 0 Å². The van der Waals surface area contributed by atoms with Crippen LogP contribution in [0, 0.1) is 0 Å². The van der Waals surface area contributed by atoms with E-state index in [1.165, 1.54) is 12.1 Å². The molecule has 0 aliphatic heterocycles. The zero-order chi connectivity index (χ0) is 7.33. The van der Waals surface area contributed by atoms with E-state index < -0.39 is 8.07 Å². The van der Waals surface area contributed by atoms with Gasteiger partial charge in [0, 0.05) is 8.07 Å². The fourth-order valence-corrected chi connectivity index (χ4v) is 2.72. The number of nitrogens with two attached hydrogens (primary N) is 2. The molecule has 0 amide bonds. The van der Waals surface area contributed by atoms with Crippen molar-refractivity contribution in [2.75, 3.05) is 13.1 Å². The van der Waals surface area contributed by atoms with Crippen LogP contribution in [-0.2, 0) is 0 Å². The summed E-state index contributed by atoms with van der Waals surface area (Å²) in [6.45, 7) is 6.35. The van der Waals surface area contributed by atoms with Gasteiger partial charge in [0.25, 0.3) is 0 Å². The summed E-state index contributed by atoms with van der Waals surface area (Å²) < 4.78 is 0. The maximum atomic E-state index is 5.44. The molecule has 0 aromatic carbocycles. The molecule has 0 aliphatic rings. The molecule has 56 valence electrons. The highest BCUT2D eigenvalue weighted by Gasteiger charge is 2.17. The van der Waals surface area contributed by atoms with E-state index in [-0.39, 0.29) is 0 Å². The minimum absolute atomic E-state index is 0.833. The third-order valence-electron chi connectivity index (χ3n) is 1.64. The standard InChI is InChI=1S/C6H18N2Si/c1-9(2,5-3-7)6-4-8/h3-8H2,1-2H3. The van der Waals surface area contributed by atoms with Crippen molar-refractivity contribution >= 4 is 8.07 Å². The highest BCUT2D eigenvalue weighted by molar-refractivity contribution is 6.77. The SMILES string of the molecule is C[Si](C)(CCN)CCN. The fourth-order valence-electron chi connectivity index (χ4n) is 0.906. The van der Waals surface area contributed by atoms with E-state index in [0.29, 0.717) is 0 Å². The molecule has 0 atom stereocenters. The molecule has 0 rings (SSSR count). The van der Waals surface area contributed by atoms with E-state index in [0.717, 1.165) is 13.1 Å². The summed E-state index contributed by atoms with van der Waals surface area (Å²) in [7, 11) is -0.953. The Bertz CT molecular complexity index is 65.5. The van der Waals surface area contributed by atoms with Crippen molar-refractivity contribution < 1.29 is 0 Å². The van der Waals surface area contributed by atoms with Gasteiger partial charge in [-0.2, -0.15) is 0 Å². The second kappa shape index (κ2) is 4.03. The number of rotatable bonds is 4. The molecular formula is C6H18N2Si. The molecule has 0 saturated heterocycles. The zero-order valence-electron chi connectivity index (χ0n) is 6.48. The minimum atomic E-state index is -0.953. The Morgan fingerprint density at radius 3 is 1.56 bits per heavy atom. The van der Waals surface area contributed by atoms with Crippen LogP contribution in [0.5, 0.6) is 0 Å². The maximum absolute atomic E-state index is 5.44. The monoisotopic (exact) mass is 146 g/mol. The van der Waals surface area contributed by atoms with E-state index in [1.54, 1.807) is 0 Å². The first-order valence-electron chi connectivity index (χ1n) is 3.52. The van der Waals surface area contributed by atoms with E-state index in [1.807, 2.05) is 0 Å². The average Bonchev–Trinajstić information content (AvgIpc) is 1.64. The molecule has 0 bridgehead atoms. The van der Waals surface area contributed by atoms with Crippen LogP contribution in [0.1, 0.15) is 0 Å². The van der Waals surface area contributed by atoms with E-state index in [9.17, 15) is 0 Å². The fraction of sp³-hybridized carbons (Fsp3) is 1.00. The van der Waals surface area contributed by atoms with Gasteiger partial charge in [-0.05, 0) is 25.2 Å². The van der Waals surface area contributed by atoms with Gasteiger partial charge < -0.3 is 11.5 Å². The first kappa shape index (κ1) is 9.14. The lowest BCUT2D eigenvalue weighted by Gasteiger charge is -2.19. The van der Waals surface area contributed by atoms with Gasteiger partial charge in [0.1, 0.15) is 0 Å². The first-order valence-corrected chi connectivity index (χ1v) is 6.94. The minimum Gasteiger partial charge on any atom is -0.331 e. The molecule has 0 radical (unpaired) electrons. The second-order valence-electron chi connectivity index (χ2n) is 3.24. The average molecular weight is 146 g/mol. The van der Waals surface area contributed by atoms with Crippen molar-refractivity contribution in [1.82, 2.24) is 0 Å². The van der Waals surface area contributed by atoms with Gasteiger partial charge in [-0.1, -0.05) is 13.1 Å². The predicted octanol–water partition coefficient (Wildman–Crippen LogP) is 0.612. The molecule has 4 N–H and O–H groups in total. The molecule has 0 spiro atoms. The summed E-state index contributed by atoms with van der Waals surface area (Å²) >= 11 is 0. The Hall–Kier alpha value is 0.137. The molecule has 9 heavy (non-hydrogen) atoms. The summed E-state index contributed by atoms with van der Waals surface area (Å²) in [6, 6.07) is 2.42. The quantitative estimate of drug-likeness (QED) is 0.571. The highest BCUT2D eigenvalue weighted by atomic mass is 28.3. The van der Waals surface area contributed by atoms with Gasteiger partial charge in [0.05, 0.1) is 0 Å². The van der Waals surface area contributed by atoms with Gasteiger partial charge in [0.2, 0.25) is 0 Å². The normalized spacial score (nSPS) is 12.0. The molecule has 3 heteroatoms. The van der Waals surface area contributed by atoms with Gasteiger partial charge in [0.15, 0.2) is 0 Å². The summed E-state index contributed by atoms with van der Waals surface area (Å²) in [6.07, 6.45) is 0. The van der Waals surface area contributed by atoms with Crippen LogP contribution < -0.4 is 11.5 Å². The summed E-state index contributed by atoms with van der Waals surface area (Å²) in [4.78, 5) is 0. The molecule has 0 heterocycles. The van der Waals surface area contributed by atoms with Crippen molar-refractivity contribution in [2.24, 2.45) is 11.5 Å². The molecule has 0 aromatic rings. The van der Waals surface area contributed by atoms with Gasteiger partial charge in [-0.3, -0.25) is 0 Å². The smallest absolute Gasteiger partial charge is 0.0498 e.